The molecule has 1 N–H and O–H groups in total. The summed E-state index contributed by atoms with van der Waals surface area (Å²) in [6, 6.07) is 7.92. The monoisotopic (exact) mass is 338 g/mol. The molecule has 1 amide bonds. The maximum Gasteiger partial charge on any atom is 0.272 e. The zero-order valence-corrected chi connectivity index (χ0v) is 15.1. The Morgan fingerprint density at radius 3 is 2.64 bits per heavy atom. The molecule has 1 saturated heterocycles. The number of carbonyl (C=O) groups is 1. The molecule has 0 bridgehead atoms. The Morgan fingerprint density at radius 2 is 1.92 bits per heavy atom. The number of aromatic nitrogens is 2. The van der Waals surface area contributed by atoms with Crippen molar-refractivity contribution in [2.45, 2.75) is 46.0 Å². The normalized spacial score (nSPS) is 14.9. The van der Waals surface area contributed by atoms with E-state index >= 15 is 0 Å². The highest BCUT2D eigenvalue weighted by molar-refractivity contribution is 5.92. The first-order valence-corrected chi connectivity index (χ1v) is 9.17. The summed E-state index contributed by atoms with van der Waals surface area (Å²) >= 11 is 0. The van der Waals surface area contributed by atoms with Crippen LogP contribution < -0.4 is 5.32 Å². The van der Waals surface area contributed by atoms with Crippen LogP contribution in [0.5, 0.6) is 0 Å². The van der Waals surface area contributed by atoms with Crippen LogP contribution in [0.15, 0.2) is 30.5 Å². The fourth-order valence-corrected chi connectivity index (χ4v) is 3.29. The van der Waals surface area contributed by atoms with Crippen molar-refractivity contribution in [2.75, 3.05) is 18.4 Å². The van der Waals surface area contributed by atoms with Crippen molar-refractivity contribution in [1.82, 2.24) is 14.9 Å². The first-order chi connectivity index (χ1) is 12.2. The van der Waals surface area contributed by atoms with Crippen molar-refractivity contribution in [3.8, 4) is 0 Å². The number of rotatable bonds is 4. The fraction of sp³-hybridized carbons (Fsp3) is 0.450. The molecule has 1 aromatic heterocycles. The molecule has 3 rings (SSSR count). The number of aryl methyl sites for hydroxylation is 2. The van der Waals surface area contributed by atoms with Gasteiger partial charge in [0.05, 0.1) is 0 Å². The summed E-state index contributed by atoms with van der Waals surface area (Å²) in [4.78, 5) is 23.5. The molecule has 25 heavy (non-hydrogen) atoms. The first kappa shape index (κ1) is 17.4. The van der Waals surface area contributed by atoms with Gasteiger partial charge in [-0.05, 0) is 43.4 Å². The SMILES string of the molecule is CCc1cccc(C)c1Nc1nccc(C(=O)N2CCCCCC2)n1. The van der Waals surface area contributed by atoms with E-state index in [-0.39, 0.29) is 5.91 Å². The largest absolute Gasteiger partial charge is 0.337 e. The quantitative estimate of drug-likeness (QED) is 0.911. The van der Waals surface area contributed by atoms with E-state index in [9.17, 15) is 4.79 Å². The Balaban J connectivity index is 1.81. The van der Waals surface area contributed by atoms with Gasteiger partial charge >= 0.3 is 0 Å². The molecule has 0 spiro atoms. The van der Waals surface area contributed by atoms with E-state index in [1.165, 1.54) is 18.4 Å². The average molecular weight is 338 g/mol. The van der Waals surface area contributed by atoms with Crippen molar-refractivity contribution < 1.29 is 4.79 Å². The van der Waals surface area contributed by atoms with E-state index in [1.54, 1.807) is 12.3 Å². The molecule has 1 aliphatic rings. The number of likely N-dealkylation sites (tertiary alicyclic amines) is 1. The van der Waals surface area contributed by atoms with Crippen molar-refractivity contribution in [3.63, 3.8) is 0 Å². The Labute approximate surface area is 149 Å². The van der Waals surface area contributed by atoms with Crippen LogP contribution in [0.4, 0.5) is 11.6 Å². The molecule has 1 aromatic carbocycles. The van der Waals surface area contributed by atoms with Gasteiger partial charge in [-0.25, -0.2) is 9.97 Å². The van der Waals surface area contributed by atoms with Crippen molar-refractivity contribution >= 4 is 17.5 Å². The molecule has 1 fully saturated rings. The second kappa shape index (κ2) is 8.10. The Bertz CT molecular complexity index is 736. The highest BCUT2D eigenvalue weighted by Crippen LogP contribution is 2.24. The van der Waals surface area contributed by atoms with Crippen LogP contribution >= 0.6 is 0 Å². The molecule has 5 nitrogen and oxygen atoms in total. The smallest absolute Gasteiger partial charge is 0.272 e. The van der Waals surface area contributed by atoms with Crippen LogP contribution in [0.3, 0.4) is 0 Å². The predicted molar refractivity (Wildman–Crippen MR) is 100 cm³/mol. The Hall–Kier alpha value is -2.43. The summed E-state index contributed by atoms with van der Waals surface area (Å²) in [5.74, 6) is 0.484. The summed E-state index contributed by atoms with van der Waals surface area (Å²) in [5.41, 5.74) is 3.86. The second-order valence-electron chi connectivity index (χ2n) is 6.56. The van der Waals surface area contributed by atoms with Crippen LogP contribution in [0, 0.1) is 6.92 Å². The van der Waals surface area contributed by atoms with E-state index in [1.807, 2.05) is 4.90 Å². The second-order valence-corrected chi connectivity index (χ2v) is 6.56. The van der Waals surface area contributed by atoms with Crippen LogP contribution in [-0.4, -0.2) is 33.9 Å². The maximum absolute atomic E-state index is 12.8. The van der Waals surface area contributed by atoms with Gasteiger partial charge in [0, 0.05) is 25.0 Å². The molecule has 0 aliphatic carbocycles. The Morgan fingerprint density at radius 1 is 1.16 bits per heavy atom. The lowest BCUT2D eigenvalue weighted by Gasteiger charge is -2.20. The molecule has 2 aromatic rings. The molecular weight excluding hydrogens is 312 g/mol. The number of benzene rings is 1. The van der Waals surface area contributed by atoms with E-state index in [0.29, 0.717) is 11.6 Å². The van der Waals surface area contributed by atoms with E-state index in [2.05, 4.69) is 47.3 Å². The van der Waals surface area contributed by atoms with Gasteiger partial charge in [-0.15, -0.1) is 0 Å². The van der Waals surface area contributed by atoms with Gasteiger partial charge < -0.3 is 10.2 Å². The number of nitrogens with one attached hydrogen (secondary N) is 1. The molecule has 2 heterocycles. The van der Waals surface area contributed by atoms with E-state index in [0.717, 1.165) is 43.6 Å². The lowest BCUT2D eigenvalue weighted by Crippen LogP contribution is -2.32. The number of amides is 1. The minimum absolute atomic E-state index is 0.00727. The lowest BCUT2D eigenvalue weighted by atomic mass is 10.1. The molecule has 0 atom stereocenters. The van der Waals surface area contributed by atoms with Crippen LogP contribution in [0.2, 0.25) is 0 Å². The molecule has 0 saturated carbocycles. The van der Waals surface area contributed by atoms with Crippen LogP contribution in [0.1, 0.15) is 54.2 Å². The van der Waals surface area contributed by atoms with Crippen molar-refractivity contribution in [3.05, 3.63) is 47.3 Å². The maximum atomic E-state index is 12.8. The minimum atomic E-state index is 0.00727. The summed E-state index contributed by atoms with van der Waals surface area (Å²) in [5, 5.41) is 3.31. The molecule has 5 heteroatoms. The highest BCUT2D eigenvalue weighted by Gasteiger charge is 2.19. The van der Waals surface area contributed by atoms with Gasteiger partial charge in [0.15, 0.2) is 0 Å². The molecule has 0 unspecified atom stereocenters. The number of hydrogen-bond donors (Lipinski definition) is 1. The van der Waals surface area contributed by atoms with Gasteiger partial charge in [0.2, 0.25) is 5.95 Å². The van der Waals surface area contributed by atoms with Crippen molar-refractivity contribution in [1.29, 1.82) is 0 Å². The minimum Gasteiger partial charge on any atom is -0.337 e. The Kier molecular flexibility index (Phi) is 5.64. The highest BCUT2D eigenvalue weighted by atomic mass is 16.2. The lowest BCUT2D eigenvalue weighted by molar-refractivity contribution is 0.0755. The molecular formula is C20H26N4O. The van der Waals surface area contributed by atoms with Crippen LogP contribution in [-0.2, 0) is 6.42 Å². The van der Waals surface area contributed by atoms with E-state index in [4.69, 9.17) is 0 Å². The zero-order chi connectivity index (χ0) is 17.6. The van der Waals surface area contributed by atoms with Gasteiger partial charge in [0.1, 0.15) is 5.69 Å². The van der Waals surface area contributed by atoms with Gasteiger partial charge in [-0.2, -0.15) is 0 Å². The van der Waals surface area contributed by atoms with Gasteiger partial charge in [0.25, 0.3) is 5.91 Å². The number of hydrogen-bond acceptors (Lipinski definition) is 4. The number of para-hydroxylation sites is 1. The third-order valence-corrected chi connectivity index (χ3v) is 4.74. The van der Waals surface area contributed by atoms with E-state index < -0.39 is 0 Å². The number of carbonyl (C=O) groups excluding carboxylic acids is 1. The molecule has 132 valence electrons. The van der Waals surface area contributed by atoms with Gasteiger partial charge in [-0.1, -0.05) is 38.0 Å². The van der Waals surface area contributed by atoms with Crippen molar-refractivity contribution in [2.24, 2.45) is 0 Å². The fourth-order valence-electron chi connectivity index (χ4n) is 3.29. The summed E-state index contributed by atoms with van der Waals surface area (Å²) in [6.07, 6.45) is 7.14. The summed E-state index contributed by atoms with van der Waals surface area (Å²) in [6.45, 7) is 5.83. The zero-order valence-electron chi connectivity index (χ0n) is 15.1. The third kappa shape index (κ3) is 4.16. The summed E-state index contributed by atoms with van der Waals surface area (Å²) in [7, 11) is 0. The average Bonchev–Trinajstić information content (AvgIpc) is 2.92. The molecule has 0 radical (unpaired) electrons. The standard InChI is InChI=1S/C20H26N4O/c1-3-16-10-8-9-15(2)18(16)23-20-21-12-11-17(22-20)19(25)24-13-6-4-5-7-14-24/h8-12H,3-7,13-14H2,1-2H3,(H,21,22,23). The van der Waals surface area contributed by atoms with Gasteiger partial charge in [-0.3, -0.25) is 4.79 Å². The first-order valence-electron chi connectivity index (χ1n) is 9.17. The number of nitrogens with zero attached hydrogens (tertiary/aromatic N) is 3. The topological polar surface area (TPSA) is 58.1 Å². The third-order valence-electron chi connectivity index (χ3n) is 4.74. The molecule has 1 aliphatic heterocycles. The van der Waals surface area contributed by atoms with Crippen LogP contribution in [0.25, 0.3) is 0 Å². The number of anilines is 2. The summed E-state index contributed by atoms with van der Waals surface area (Å²) < 4.78 is 0. The predicted octanol–water partition coefficient (Wildman–Crippen LogP) is 4.11.